The maximum absolute atomic E-state index is 11.1. The van der Waals surface area contributed by atoms with Crippen molar-refractivity contribution in [3.05, 3.63) is 0 Å². The molecule has 0 aromatic heterocycles. The molecule has 0 aromatic rings. The molecule has 0 saturated heterocycles. The van der Waals surface area contributed by atoms with E-state index in [1.165, 1.54) is 0 Å². The zero-order chi connectivity index (χ0) is 9.62. The van der Waals surface area contributed by atoms with Gasteiger partial charge in [0.1, 0.15) is 0 Å². The van der Waals surface area contributed by atoms with Crippen LogP contribution < -0.4 is 0 Å². The van der Waals surface area contributed by atoms with E-state index in [0.717, 1.165) is 0 Å². The van der Waals surface area contributed by atoms with E-state index in [1.807, 2.05) is 0 Å². The molecule has 3 nitrogen and oxygen atoms in total. The van der Waals surface area contributed by atoms with E-state index in [1.54, 1.807) is 3.63 Å². The van der Waals surface area contributed by atoms with Gasteiger partial charge in [0.2, 0.25) is 0 Å². The monoisotopic (exact) mass is 222 g/mol. The number of halogens is 5. The van der Waals surface area contributed by atoms with E-state index < -0.39 is 20.6 Å². The summed E-state index contributed by atoms with van der Waals surface area (Å²) in [4.78, 5) is 0. The van der Waals surface area contributed by atoms with Crippen LogP contribution in [0.2, 0.25) is 0 Å². The molecule has 0 aliphatic rings. The summed E-state index contributed by atoms with van der Waals surface area (Å²) in [7, 11) is -15.5. The van der Waals surface area contributed by atoms with Gasteiger partial charge in [-0.25, -0.2) is 0 Å². The van der Waals surface area contributed by atoms with Crippen LogP contribution in [0.15, 0.2) is 0 Å². The van der Waals surface area contributed by atoms with Crippen LogP contribution in [0.5, 0.6) is 0 Å². The smallest absolute Gasteiger partial charge is 0.199 e. The van der Waals surface area contributed by atoms with Crippen LogP contribution in [0.3, 0.4) is 0 Å². The van der Waals surface area contributed by atoms with Gasteiger partial charge in [-0.05, 0) is 0 Å². The molecule has 0 aliphatic carbocycles. The first kappa shape index (κ1) is 10.9. The van der Waals surface area contributed by atoms with Crippen molar-refractivity contribution >= 4 is 20.6 Å². The lowest BCUT2D eigenvalue weighted by Gasteiger charge is -2.36. The van der Waals surface area contributed by atoms with Gasteiger partial charge in [0.05, 0.1) is 6.26 Å². The first-order chi connectivity index (χ1) is 4.18. The first-order valence-corrected chi connectivity index (χ1v) is 5.54. The minimum atomic E-state index is -10.3. The highest BCUT2D eigenvalue weighted by Crippen LogP contribution is 2.98. The second kappa shape index (κ2) is 1.64. The fourth-order valence-corrected chi connectivity index (χ4v) is 2.10. The normalized spacial score (nSPS) is 20.5. The number of rotatable bonds is 2. The van der Waals surface area contributed by atoms with E-state index in [9.17, 15) is 27.8 Å². The second-order valence-electron chi connectivity index (χ2n) is 1.67. The van der Waals surface area contributed by atoms with E-state index in [4.69, 9.17) is 0 Å². The standard InChI is InChI=1S/CH3F5O3S2/c1-10(7,8)9-11(2,3,4,5)6/h1H3. The number of hydrogen-bond acceptors (Lipinski definition) is 3. The largest absolute Gasteiger partial charge is 0.411 e. The minimum Gasteiger partial charge on any atom is -0.199 e. The molecular weight excluding hydrogens is 219 g/mol. The molecule has 0 spiro atoms. The molecule has 0 aliphatic heterocycles. The van der Waals surface area contributed by atoms with Gasteiger partial charge in [-0.3, -0.25) is 0 Å². The molecule has 72 valence electrons. The third-order valence-corrected chi connectivity index (χ3v) is 2.27. The van der Waals surface area contributed by atoms with E-state index in [-0.39, 0.29) is 6.26 Å². The molecule has 0 atom stereocenters. The molecule has 0 unspecified atom stereocenters. The van der Waals surface area contributed by atoms with Crippen molar-refractivity contribution in [1.82, 2.24) is 0 Å². The summed E-state index contributed by atoms with van der Waals surface area (Å²) in [6, 6.07) is 0. The Hall–Kier alpha value is -0.0900. The van der Waals surface area contributed by atoms with E-state index in [0.29, 0.717) is 0 Å². The van der Waals surface area contributed by atoms with Crippen LogP contribution in [-0.4, -0.2) is 14.7 Å². The highest BCUT2D eigenvalue weighted by Gasteiger charge is 2.68. The lowest BCUT2D eigenvalue weighted by atomic mass is 12.0. The molecule has 0 N–H and O–H groups in total. The Kier molecular flexibility index (Phi) is 1.63. The van der Waals surface area contributed by atoms with Crippen molar-refractivity contribution in [2.24, 2.45) is 0 Å². The maximum atomic E-state index is 11.1. The fraction of sp³-hybridized carbons (Fsp3) is 1.00. The van der Waals surface area contributed by atoms with Gasteiger partial charge >= 0.3 is 10.5 Å². The van der Waals surface area contributed by atoms with Gasteiger partial charge in [0.15, 0.2) is 0 Å². The molecule has 0 radical (unpaired) electrons. The molecule has 0 amide bonds. The summed E-state index contributed by atoms with van der Waals surface area (Å²) >= 11 is 0. The first-order valence-electron chi connectivity index (χ1n) is 1.85. The summed E-state index contributed by atoms with van der Waals surface area (Å²) in [5.41, 5.74) is 0. The Bertz CT molecular complexity index is 256. The van der Waals surface area contributed by atoms with Crippen molar-refractivity contribution in [1.29, 1.82) is 0 Å². The molecule has 10 heteroatoms. The van der Waals surface area contributed by atoms with Gasteiger partial charge in [-0.1, -0.05) is 19.4 Å². The van der Waals surface area contributed by atoms with Crippen LogP contribution in [-0.2, 0) is 13.7 Å². The van der Waals surface area contributed by atoms with Gasteiger partial charge in [0, 0.05) is 0 Å². The maximum Gasteiger partial charge on any atom is 0.411 e. The second-order valence-corrected chi connectivity index (χ2v) is 5.42. The van der Waals surface area contributed by atoms with Gasteiger partial charge in [-0.15, -0.1) is 3.63 Å². The SMILES string of the molecule is CS(=O)(=O)OS(F)(F)(F)(F)F. The quantitative estimate of drug-likeness (QED) is 0.672. The third-order valence-electron chi connectivity index (χ3n) is 0.252. The van der Waals surface area contributed by atoms with Crippen molar-refractivity contribution in [3.63, 3.8) is 0 Å². The van der Waals surface area contributed by atoms with Gasteiger partial charge < -0.3 is 0 Å². The molecule has 0 saturated carbocycles. The fourth-order valence-electron chi connectivity index (χ4n) is 0.234. The van der Waals surface area contributed by atoms with Crippen molar-refractivity contribution < 1.29 is 31.5 Å². The summed E-state index contributed by atoms with van der Waals surface area (Å²) in [5.74, 6) is 0. The molecule has 0 bridgehead atoms. The Labute approximate surface area is 59.2 Å². The Balaban J connectivity index is 4.97. The third kappa shape index (κ3) is 9.91. The lowest BCUT2D eigenvalue weighted by Crippen LogP contribution is -2.15. The highest BCUT2D eigenvalue weighted by atomic mass is 32.5. The predicted molar refractivity (Wildman–Crippen MR) is 29.1 cm³/mol. The summed E-state index contributed by atoms with van der Waals surface area (Å²) in [6.07, 6.45) is -0.120. The molecule has 11 heavy (non-hydrogen) atoms. The lowest BCUT2D eigenvalue weighted by molar-refractivity contribution is 0.248. The van der Waals surface area contributed by atoms with Crippen LogP contribution in [0.25, 0.3) is 0 Å². The van der Waals surface area contributed by atoms with Crippen molar-refractivity contribution in [2.45, 2.75) is 0 Å². The minimum absolute atomic E-state index is 0.120. The zero-order valence-electron chi connectivity index (χ0n) is 4.93. The average Bonchev–Trinajstić information content (AvgIpc) is 1.05. The average molecular weight is 222 g/mol. The van der Waals surface area contributed by atoms with E-state index >= 15 is 0 Å². The molecule has 0 fully saturated rings. The molecular formula is CH3F5O3S2. The Morgan fingerprint density at radius 1 is 1.09 bits per heavy atom. The van der Waals surface area contributed by atoms with E-state index in [2.05, 4.69) is 0 Å². The van der Waals surface area contributed by atoms with Gasteiger partial charge in [0.25, 0.3) is 10.1 Å². The predicted octanol–water partition coefficient (Wildman–Crippen LogP) is 2.18. The zero-order valence-corrected chi connectivity index (χ0v) is 6.56. The van der Waals surface area contributed by atoms with Crippen LogP contribution in [0.4, 0.5) is 19.4 Å². The van der Waals surface area contributed by atoms with Crippen molar-refractivity contribution in [2.75, 3.05) is 6.26 Å². The van der Waals surface area contributed by atoms with Crippen LogP contribution in [0.1, 0.15) is 0 Å². The molecule has 0 aromatic carbocycles. The molecule has 0 rings (SSSR count). The topological polar surface area (TPSA) is 43.4 Å². The van der Waals surface area contributed by atoms with Crippen LogP contribution >= 0.6 is 10.5 Å². The number of hydrogen-bond donors (Lipinski definition) is 0. The Morgan fingerprint density at radius 3 is 1.36 bits per heavy atom. The molecule has 0 heterocycles. The summed E-state index contributed by atoms with van der Waals surface area (Å²) in [6.45, 7) is 0. The summed E-state index contributed by atoms with van der Waals surface area (Å²) in [5, 5.41) is 0. The highest BCUT2D eigenvalue weighted by molar-refractivity contribution is 8.44. The van der Waals surface area contributed by atoms with Gasteiger partial charge in [-0.2, -0.15) is 8.42 Å². The summed E-state index contributed by atoms with van der Waals surface area (Å²) < 4.78 is 76.6. The Morgan fingerprint density at radius 2 is 1.36 bits per heavy atom. The van der Waals surface area contributed by atoms with Crippen LogP contribution in [0, 0.1) is 0 Å². The van der Waals surface area contributed by atoms with Crippen molar-refractivity contribution in [3.8, 4) is 0 Å².